The first kappa shape index (κ1) is 25.7. The number of ether oxygens (including phenoxy) is 1. The molecule has 0 spiro atoms. The predicted octanol–water partition coefficient (Wildman–Crippen LogP) is 4.98. The zero-order chi connectivity index (χ0) is 27.1. The molecule has 202 valence electrons. The normalized spacial score (nSPS) is 19.9. The van der Waals surface area contributed by atoms with Crippen LogP contribution in [0.3, 0.4) is 0 Å². The van der Waals surface area contributed by atoms with E-state index >= 15 is 4.39 Å². The number of nitrogen functional groups attached to an aromatic ring is 1. The Morgan fingerprint density at radius 1 is 1.08 bits per heavy atom. The van der Waals surface area contributed by atoms with E-state index in [2.05, 4.69) is 14.9 Å². The number of morpholine rings is 1. The van der Waals surface area contributed by atoms with E-state index in [0.717, 1.165) is 16.1 Å². The lowest BCUT2D eigenvalue weighted by Crippen LogP contribution is -2.36. The Morgan fingerprint density at radius 2 is 1.87 bits per heavy atom. The van der Waals surface area contributed by atoms with Crippen molar-refractivity contribution in [2.24, 2.45) is 0 Å². The van der Waals surface area contributed by atoms with Gasteiger partial charge in [0.05, 0.1) is 35.3 Å². The number of urea groups is 1. The van der Waals surface area contributed by atoms with Gasteiger partial charge in [-0.15, -0.1) is 11.3 Å². The summed E-state index contributed by atoms with van der Waals surface area (Å²) >= 11 is 7.72. The molecule has 0 radical (unpaired) electrons. The lowest BCUT2D eigenvalue weighted by atomic mass is 9.94. The molecule has 9 nitrogen and oxygen atoms in total. The number of amides is 2. The first-order valence-corrected chi connectivity index (χ1v) is 13.6. The molecule has 0 saturated carbocycles. The summed E-state index contributed by atoms with van der Waals surface area (Å²) in [6, 6.07) is 5.19. The molecule has 2 fully saturated rings. The van der Waals surface area contributed by atoms with Gasteiger partial charge in [-0.05, 0) is 30.3 Å². The molecular weight excluding hydrogens is 548 g/mol. The number of hydrogen-bond acceptors (Lipinski definition) is 8. The number of benzene rings is 1. The summed E-state index contributed by atoms with van der Waals surface area (Å²) in [6.07, 6.45) is 5.02. The quantitative estimate of drug-likeness (QED) is 0.461. The molecule has 2 saturated heterocycles. The molecule has 3 aliphatic rings. The minimum Gasteiger partial charge on any atom is -0.378 e. The summed E-state index contributed by atoms with van der Waals surface area (Å²) in [5.41, 5.74) is 7.76. The molecule has 4 heterocycles. The zero-order valence-electron chi connectivity index (χ0n) is 20.7. The summed E-state index contributed by atoms with van der Waals surface area (Å²) in [5.74, 6) is -1.09. The Labute approximate surface area is 232 Å². The van der Waals surface area contributed by atoms with Gasteiger partial charge >= 0.3 is 6.03 Å². The van der Waals surface area contributed by atoms with E-state index in [0.29, 0.717) is 49.9 Å². The first-order valence-electron chi connectivity index (χ1n) is 12.4. The van der Waals surface area contributed by atoms with E-state index in [1.807, 2.05) is 0 Å². The number of nitrogens with two attached hydrogens (primary N) is 1. The third-order valence-electron chi connectivity index (χ3n) is 6.88. The number of anilines is 3. The maximum atomic E-state index is 15.2. The Bertz CT molecular complexity index is 1490. The monoisotopic (exact) mass is 571 g/mol. The second-order valence-electron chi connectivity index (χ2n) is 9.25. The van der Waals surface area contributed by atoms with E-state index in [4.69, 9.17) is 27.1 Å². The largest absolute Gasteiger partial charge is 0.378 e. The van der Waals surface area contributed by atoms with Gasteiger partial charge in [0, 0.05) is 49.6 Å². The highest BCUT2D eigenvalue weighted by atomic mass is 35.5. The molecule has 2 aromatic heterocycles. The van der Waals surface area contributed by atoms with Gasteiger partial charge < -0.3 is 15.4 Å². The highest BCUT2D eigenvalue weighted by Gasteiger charge is 2.37. The van der Waals surface area contributed by atoms with Gasteiger partial charge in [-0.25, -0.2) is 28.5 Å². The lowest BCUT2D eigenvalue weighted by Gasteiger charge is -2.27. The van der Waals surface area contributed by atoms with Crippen LogP contribution in [0.1, 0.15) is 17.2 Å². The van der Waals surface area contributed by atoms with Gasteiger partial charge in [-0.1, -0.05) is 17.7 Å². The van der Waals surface area contributed by atoms with Crippen LogP contribution in [0, 0.1) is 5.82 Å². The van der Waals surface area contributed by atoms with E-state index in [1.165, 1.54) is 39.3 Å². The van der Waals surface area contributed by atoms with Crippen molar-refractivity contribution >= 4 is 45.7 Å². The number of allylic oxidation sites excluding steroid dienone is 4. The Kier molecular flexibility index (Phi) is 6.92. The number of carbonyl (C=O) groups is 1. The van der Waals surface area contributed by atoms with Gasteiger partial charge in [0.2, 0.25) is 5.95 Å². The molecule has 2 aliphatic heterocycles. The van der Waals surface area contributed by atoms with E-state index < -0.39 is 17.7 Å². The SMILES string of the molecule is Nc1nccc(-c2nc(N3CCOCC3)sc2C2C=CC(F)=C(N3CCN(c4ccc(F)cc4Cl)C3=O)C2)n1. The smallest absolute Gasteiger partial charge is 0.328 e. The van der Waals surface area contributed by atoms with Gasteiger partial charge in [0.1, 0.15) is 17.3 Å². The molecule has 13 heteroatoms. The first-order chi connectivity index (χ1) is 18.9. The summed E-state index contributed by atoms with van der Waals surface area (Å²) in [7, 11) is 0. The van der Waals surface area contributed by atoms with Crippen LogP contribution in [0.5, 0.6) is 0 Å². The van der Waals surface area contributed by atoms with Gasteiger partial charge in [-0.2, -0.15) is 0 Å². The highest BCUT2D eigenvalue weighted by molar-refractivity contribution is 7.16. The third-order valence-corrected chi connectivity index (χ3v) is 8.43. The molecule has 6 rings (SSSR count). The molecule has 1 aliphatic carbocycles. The molecule has 0 bridgehead atoms. The highest BCUT2D eigenvalue weighted by Crippen LogP contribution is 2.44. The molecule has 39 heavy (non-hydrogen) atoms. The minimum absolute atomic E-state index is 0.120. The van der Waals surface area contributed by atoms with Gasteiger partial charge in [-0.3, -0.25) is 9.80 Å². The van der Waals surface area contributed by atoms with Crippen LogP contribution in [0.2, 0.25) is 5.02 Å². The fourth-order valence-corrected chi connectivity index (χ4v) is 6.43. The summed E-state index contributed by atoms with van der Waals surface area (Å²) in [6.45, 7) is 3.20. The van der Waals surface area contributed by atoms with E-state index in [-0.39, 0.29) is 35.6 Å². The zero-order valence-corrected chi connectivity index (χ0v) is 22.3. The predicted molar refractivity (Wildman–Crippen MR) is 146 cm³/mol. The Hall–Kier alpha value is -3.61. The van der Waals surface area contributed by atoms with Crippen molar-refractivity contribution in [1.82, 2.24) is 19.9 Å². The molecule has 3 aromatic rings. The maximum Gasteiger partial charge on any atom is 0.328 e. The van der Waals surface area contributed by atoms with E-state index in [9.17, 15) is 9.18 Å². The fraction of sp³-hybridized carbons (Fsp3) is 0.308. The number of nitrogens with zero attached hydrogens (tertiary/aromatic N) is 6. The van der Waals surface area contributed by atoms with Gasteiger partial charge in [0.25, 0.3) is 0 Å². The van der Waals surface area contributed by atoms with Crippen LogP contribution in [0.25, 0.3) is 11.4 Å². The van der Waals surface area contributed by atoms with Crippen LogP contribution in [0.15, 0.2) is 54.1 Å². The number of rotatable bonds is 5. The maximum absolute atomic E-state index is 15.2. The number of thiazole rings is 1. The number of hydrogen-bond donors (Lipinski definition) is 1. The van der Waals surface area contributed by atoms with Crippen molar-refractivity contribution in [3.63, 3.8) is 0 Å². The van der Waals surface area contributed by atoms with E-state index in [1.54, 1.807) is 18.3 Å². The molecule has 2 amide bonds. The second kappa shape index (κ2) is 10.5. The van der Waals surface area contributed by atoms with Gasteiger partial charge in [0.15, 0.2) is 5.13 Å². The van der Waals surface area contributed by atoms with Crippen LogP contribution in [-0.4, -0.2) is 65.3 Å². The summed E-state index contributed by atoms with van der Waals surface area (Å²) in [4.78, 5) is 32.6. The lowest BCUT2D eigenvalue weighted by molar-refractivity contribution is 0.122. The van der Waals surface area contributed by atoms with Crippen molar-refractivity contribution in [3.05, 3.63) is 69.9 Å². The fourth-order valence-electron chi connectivity index (χ4n) is 4.95. The molecule has 1 unspecified atom stereocenters. The topological polar surface area (TPSA) is 101 Å². The Balaban J connectivity index is 1.31. The standard InChI is InChI=1S/C26H24ClF2N7O2S/c27-17-14-16(28)2-4-20(17)35-7-8-36(26(35)37)21-13-15(1-3-18(21)29)23-22(19-5-6-31-24(30)32-19)33-25(39-23)34-9-11-38-12-10-34/h1-6,14-15H,7-13H2,(H2,30,31,32). The van der Waals surface area contributed by atoms with Crippen molar-refractivity contribution < 1.29 is 18.3 Å². The summed E-state index contributed by atoms with van der Waals surface area (Å²) < 4.78 is 34.3. The van der Waals surface area contributed by atoms with Crippen LogP contribution in [0.4, 0.5) is 30.3 Å². The number of aromatic nitrogens is 3. The van der Waals surface area contributed by atoms with Crippen molar-refractivity contribution in [3.8, 4) is 11.4 Å². The summed E-state index contributed by atoms with van der Waals surface area (Å²) in [5, 5.41) is 0.940. The molecular formula is C26H24ClF2N7O2S. The third kappa shape index (κ3) is 4.95. The van der Waals surface area contributed by atoms with Crippen molar-refractivity contribution in [1.29, 1.82) is 0 Å². The minimum atomic E-state index is -0.497. The van der Waals surface area contributed by atoms with Crippen molar-refractivity contribution in [2.45, 2.75) is 12.3 Å². The van der Waals surface area contributed by atoms with Crippen LogP contribution < -0.4 is 15.5 Å². The average molecular weight is 572 g/mol. The van der Waals surface area contributed by atoms with Crippen LogP contribution >= 0.6 is 22.9 Å². The molecule has 1 atom stereocenters. The molecule has 1 aromatic carbocycles. The Morgan fingerprint density at radius 3 is 2.64 bits per heavy atom. The average Bonchev–Trinajstić information content (AvgIpc) is 3.54. The number of halogens is 3. The molecule has 2 N–H and O–H groups in total. The number of carbonyl (C=O) groups excluding carboxylic acids is 1. The van der Waals surface area contributed by atoms with Crippen molar-refractivity contribution in [2.75, 3.05) is 54.9 Å². The second-order valence-corrected chi connectivity index (χ2v) is 10.7. The van der Waals surface area contributed by atoms with Crippen LogP contribution in [-0.2, 0) is 4.74 Å².